The van der Waals surface area contributed by atoms with Gasteiger partial charge in [0.05, 0.1) is 11.9 Å². The summed E-state index contributed by atoms with van der Waals surface area (Å²) in [6.07, 6.45) is 3.78. The number of nitrogens with two attached hydrogens (primary N) is 1. The fourth-order valence-corrected chi connectivity index (χ4v) is 1.70. The number of carbonyl (C=O) groups excluding carboxylic acids is 1. The second-order valence-corrected chi connectivity index (χ2v) is 4.31. The Balaban J connectivity index is 2.25. The molecule has 0 aliphatic heterocycles. The number of amides is 1. The van der Waals surface area contributed by atoms with Crippen LogP contribution in [0.3, 0.4) is 0 Å². The van der Waals surface area contributed by atoms with Gasteiger partial charge in [-0.15, -0.1) is 0 Å². The molecule has 0 fully saturated rings. The van der Waals surface area contributed by atoms with E-state index in [4.69, 9.17) is 11.1 Å². The van der Waals surface area contributed by atoms with Gasteiger partial charge in [-0.3, -0.25) is 10.2 Å². The summed E-state index contributed by atoms with van der Waals surface area (Å²) < 4.78 is 0. The first-order valence-corrected chi connectivity index (χ1v) is 6.39. The van der Waals surface area contributed by atoms with Crippen LogP contribution in [-0.4, -0.2) is 28.3 Å². The maximum absolute atomic E-state index is 11.4. The number of aromatic nitrogens is 2. The zero-order valence-electron chi connectivity index (χ0n) is 11.9. The summed E-state index contributed by atoms with van der Waals surface area (Å²) in [6, 6.07) is 7.21. The zero-order valence-corrected chi connectivity index (χ0v) is 11.9. The summed E-state index contributed by atoms with van der Waals surface area (Å²) in [6.45, 7) is 1.72. The molecule has 8 heteroatoms. The number of primary amides is 1. The molecule has 0 aliphatic carbocycles. The van der Waals surface area contributed by atoms with E-state index in [1.165, 1.54) is 12.4 Å². The Morgan fingerprint density at radius 3 is 2.91 bits per heavy atom. The molecule has 5 N–H and O–H groups in total. The van der Waals surface area contributed by atoms with E-state index in [0.717, 1.165) is 11.9 Å². The molecule has 2 aromatic rings. The van der Waals surface area contributed by atoms with E-state index in [2.05, 4.69) is 25.8 Å². The molecule has 0 saturated carbocycles. The van der Waals surface area contributed by atoms with Crippen molar-refractivity contribution >= 4 is 35.5 Å². The van der Waals surface area contributed by atoms with Gasteiger partial charge in [-0.1, -0.05) is 6.07 Å². The fraction of sp³-hybridized carbons (Fsp3) is 0.0714. The minimum atomic E-state index is -0.604. The van der Waals surface area contributed by atoms with Crippen LogP contribution < -0.4 is 16.5 Å². The van der Waals surface area contributed by atoms with Crippen LogP contribution in [0.2, 0.25) is 0 Å². The minimum absolute atomic E-state index is 0.214. The highest BCUT2D eigenvalue weighted by Gasteiger charge is 2.11. The van der Waals surface area contributed by atoms with Crippen molar-refractivity contribution in [3.8, 4) is 0 Å². The average molecular weight is 297 g/mol. The van der Waals surface area contributed by atoms with Gasteiger partial charge in [0.2, 0.25) is 0 Å². The van der Waals surface area contributed by atoms with Gasteiger partial charge < -0.3 is 16.5 Å². The number of carbonyl (C=O) groups is 1. The van der Waals surface area contributed by atoms with Crippen LogP contribution in [-0.2, 0) is 0 Å². The van der Waals surface area contributed by atoms with Crippen LogP contribution >= 0.6 is 0 Å². The van der Waals surface area contributed by atoms with E-state index in [0.29, 0.717) is 17.3 Å². The van der Waals surface area contributed by atoms with Crippen molar-refractivity contribution in [3.05, 3.63) is 41.9 Å². The topological polar surface area (TPSA) is 129 Å². The summed E-state index contributed by atoms with van der Waals surface area (Å²) in [5.74, 6) is 0.268. The monoisotopic (exact) mass is 297 g/mol. The van der Waals surface area contributed by atoms with Gasteiger partial charge in [-0.2, -0.15) is 5.10 Å². The highest BCUT2D eigenvalue weighted by atomic mass is 16.1. The highest BCUT2D eigenvalue weighted by molar-refractivity contribution is 6.14. The van der Waals surface area contributed by atoms with Crippen molar-refractivity contribution in [3.63, 3.8) is 0 Å². The molecule has 22 heavy (non-hydrogen) atoms. The predicted molar refractivity (Wildman–Crippen MR) is 85.9 cm³/mol. The number of hydrogen-bond donors (Lipinski definition) is 4. The van der Waals surface area contributed by atoms with Crippen LogP contribution in [0.4, 0.5) is 17.2 Å². The average Bonchev–Trinajstić information content (AvgIpc) is 2.48. The van der Waals surface area contributed by atoms with Gasteiger partial charge in [0.1, 0.15) is 17.2 Å². The Labute approximate surface area is 127 Å². The second kappa shape index (κ2) is 6.93. The lowest BCUT2D eigenvalue weighted by Crippen LogP contribution is -2.15. The van der Waals surface area contributed by atoms with Crippen LogP contribution in [0.25, 0.3) is 0 Å². The Morgan fingerprint density at radius 1 is 1.41 bits per heavy atom. The van der Waals surface area contributed by atoms with E-state index >= 15 is 0 Å². The largest absolute Gasteiger partial charge is 0.365 e. The Bertz CT molecular complexity index is 727. The molecule has 0 radical (unpaired) electrons. The molecule has 1 aromatic heterocycles. The lowest BCUT2D eigenvalue weighted by Gasteiger charge is -2.10. The molecule has 8 nitrogen and oxygen atoms in total. The summed E-state index contributed by atoms with van der Waals surface area (Å²) in [7, 11) is 0. The number of hydrazone groups is 1. The first-order chi connectivity index (χ1) is 10.6. The number of nitrogens with one attached hydrogen (secondary N) is 3. The predicted octanol–water partition coefficient (Wildman–Crippen LogP) is 1.67. The van der Waals surface area contributed by atoms with E-state index in [-0.39, 0.29) is 5.56 Å². The fourth-order valence-electron chi connectivity index (χ4n) is 1.70. The van der Waals surface area contributed by atoms with E-state index in [1.54, 1.807) is 13.0 Å². The molecular formula is C14H15N7O. The van der Waals surface area contributed by atoms with Gasteiger partial charge in [-0.05, 0) is 25.1 Å². The first-order valence-electron chi connectivity index (χ1n) is 6.39. The first kappa shape index (κ1) is 15.1. The Hall–Kier alpha value is -3.29. The van der Waals surface area contributed by atoms with Crippen molar-refractivity contribution < 1.29 is 4.79 Å². The summed E-state index contributed by atoms with van der Waals surface area (Å²) in [5, 5.41) is 13.7. The third kappa shape index (κ3) is 3.85. The smallest absolute Gasteiger partial charge is 0.254 e. The standard InChI is InChI=1S/C14H15N7O/c1-9-17-8-12(13(16)22)14(19-9)20-10-3-2-4-11(7-10)21-18-6-5-15/h2-8,15,21H,1H3,(H2,16,22)(H,17,19,20)/b15-5?,18-6-. The quantitative estimate of drug-likeness (QED) is 0.476. The van der Waals surface area contributed by atoms with Crippen LogP contribution in [0.1, 0.15) is 16.2 Å². The molecule has 0 unspecified atom stereocenters. The second-order valence-electron chi connectivity index (χ2n) is 4.31. The SMILES string of the molecule is Cc1ncc(C(N)=O)c(Nc2cccc(N/N=C\C=N)c2)n1. The zero-order chi connectivity index (χ0) is 15.9. The highest BCUT2D eigenvalue weighted by Crippen LogP contribution is 2.21. The maximum atomic E-state index is 11.4. The summed E-state index contributed by atoms with van der Waals surface area (Å²) >= 11 is 0. The van der Waals surface area contributed by atoms with Gasteiger partial charge in [0.15, 0.2) is 0 Å². The van der Waals surface area contributed by atoms with Crippen molar-refractivity contribution in [2.24, 2.45) is 10.8 Å². The van der Waals surface area contributed by atoms with Crippen molar-refractivity contribution in [1.82, 2.24) is 9.97 Å². The van der Waals surface area contributed by atoms with Crippen molar-refractivity contribution in [2.75, 3.05) is 10.7 Å². The summed E-state index contributed by atoms with van der Waals surface area (Å²) in [4.78, 5) is 19.6. The molecule has 0 aliphatic rings. The van der Waals surface area contributed by atoms with Gasteiger partial charge >= 0.3 is 0 Å². The third-order valence-corrected chi connectivity index (χ3v) is 2.64. The molecule has 0 atom stereocenters. The molecule has 0 saturated heterocycles. The molecule has 1 aromatic carbocycles. The molecule has 112 valence electrons. The molecular weight excluding hydrogens is 282 g/mol. The molecule has 1 amide bonds. The maximum Gasteiger partial charge on any atom is 0.254 e. The lowest BCUT2D eigenvalue weighted by molar-refractivity contribution is 0.100. The summed E-state index contributed by atoms with van der Waals surface area (Å²) in [5.41, 5.74) is 9.73. The number of anilines is 3. The van der Waals surface area contributed by atoms with Crippen LogP contribution in [0.15, 0.2) is 35.6 Å². The minimum Gasteiger partial charge on any atom is -0.365 e. The van der Waals surface area contributed by atoms with Crippen molar-refractivity contribution in [2.45, 2.75) is 6.92 Å². The van der Waals surface area contributed by atoms with Crippen LogP contribution in [0.5, 0.6) is 0 Å². The molecule has 0 spiro atoms. The number of hydrogen-bond acceptors (Lipinski definition) is 7. The van der Waals surface area contributed by atoms with Gasteiger partial charge in [0.25, 0.3) is 5.91 Å². The number of benzene rings is 1. The molecule has 2 rings (SSSR count). The Kier molecular flexibility index (Phi) is 4.76. The van der Waals surface area contributed by atoms with E-state index < -0.39 is 5.91 Å². The lowest BCUT2D eigenvalue weighted by atomic mass is 10.2. The van der Waals surface area contributed by atoms with Gasteiger partial charge in [0, 0.05) is 18.1 Å². The van der Waals surface area contributed by atoms with Crippen LogP contribution in [0, 0.1) is 12.3 Å². The Morgan fingerprint density at radius 2 is 2.18 bits per heavy atom. The van der Waals surface area contributed by atoms with Gasteiger partial charge in [-0.25, -0.2) is 9.97 Å². The molecule has 1 heterocycles. The third-order valence-electron chi connectivity index (χ3n) is 2.64. The van der Waals surface area contributed by atoms with E-state index in [1.807, 2.05) is 18.2 Å². The van der Waals surface area contributed by atoms with Crippen molar-refractivity contribution in [1.29, 1.82) is 5.41 Å². The normalized spacial score (nSPS) is 10.4. The number of aryl methyl sites for hydroxylation is 1. The van der Waals surface area contributed by atoms with E-state index in [9.17, 15) is 4.79 Å². The molecule has 0 bridgehead atoms. The number of nitrogens with zero attached hydrogens (tertiary/aromatic N) is 3. The number of rotatable bonds is 6.